The molecule has 4 rings (SSSR count). The highest BCUT2D eigenvalue weighted by Crippen LogP contribution is 2.32. The van der Waals surface area contributed by atoms with Crippen molar-refractivity contribution < 1.29 is 14.3 Å². The van der Waals surface area contributed by atoms with Gasteiger partial charge < -0.3 is 14.8 Å². The molecule has 25 heavy (non-hydrogen) atoms. The molecule has 1 N–H and O–H groups in total. The van der Waals surface area contributed by atoms with Crippen molar-refractivity contribution in [3.63, 3.8) is 0 Å². The zero-order valence-electron chi connectivity index (χ0n) is 13.8. The van der Waals surface area contributed by atoms with Crippen LogP contribution in [0.5, 0.6) is 11.5 Å². The van der Waals surface area contributed by atoms with Crippen LogP contribution in [0, 0.1) is 0 Å². The molecule has 0 radical (unpaired) electrons. The lowest BCUT2D eigenvalue weighted by atomic mass is 10.0. The van der Waals surface area contributed by atoms with Gasteiger partial charge in [0.1, 0.15) is 0 Å². The van der Waals surface area contributed by atoms with E-state index in [4.69, 9.17) is 9.47 Å². The predicted molar refractivity (Wildman–Crippen MR) is 96.7 cm³/mol. The summed E-state index contributed by atoms with van der Waals surface area (Å²) < 4.78 is 10.7. The molecule has 0 fully saturated rings. The number of hydrogen-bond acceptors (Lipinski definition) is 3. The summed E-state index contributed by atoms with van der Waals surface area (Å²) in [6.07, 6.45) is 1.13. The molecule has 0 saturated heterocycles. The van der Waals surface area contributed by atoms with E-state index >= 15 is 0 Å². The number of rotatable bonds is 5. The van der Waals surface area contributed by atoms with Crippen LogP contribution >= 0.6 is 0 Å². The van der Waals surface area contributed by atoms with Gasteiger partial charge in [-0.2, -0.15) is 0 Å². The molecule has 0 atom stereocenters. The van der Waals surface area contributed by atoms with Crippen molar-refractivity contribution in [2.45, 2.75) is 19.4 Å². The molecule has 1 amide bonds. The van der Waals surface area contributed by atoms with E-state index in [9.17, 15) is 4.79 Å². The number of fused-ring (bicyclic) bond motifs is 2. The molecule has 0 bridgehead atoms. The van der Waals surface area contributed by atoms with E-state index in [0.29, 0.717) is 19.4 Å². The second-order valence-electron chi connectivity index (χ2n) is 6.10. The minimum Gasteiger partial charge on any atom is -0.454 e. The molecule has 3 aromatic rings. The van der Waals surface area contributed by atoms with Crippen LogP contribution in [0.4, 0.5) is 0 Å². The minimum atomic E-state index is 0.0469. The lowest BCUT2D eigenvalue weighted by Gasteiger charge is -2.09. The summed E-state index contributed by atoms with van der Waals surface area (Å²) in [7, 11) is 0. The molecule has 0 unspecified atom stereocenters. The van der Waals surface area contributed by atoms with Gasteiger partial charge in [-0.25, -0.2) is 0 Å². The van der Waals surface area contributed by atoms with E-state index in [1.54, 1.807) is 0 Å². The van der Waals surface area contributed by atoms with E-state index in [1.807, 2.05) is 36.4 Å². The highest BCUT2D eigenvalue weighted by atomic mass is 16.7. The average Bonchev–Trinajstić information content (AvgIpc) is 3.12. The quantitative estimate of drug-likeness (QED) is 0.772. The average molecular weight is 333 g/mol. The molecular formula is C21H19NO3. The van der Waals surface area contributed by atoms with Crippen LogP contribution < -0.4 is 14.8 Å². The third-order valence-electron chi connectivity index (χ3n) is 4.43. The lowest BCUT2D eigenvalue weighted by Crippen LogP contribution is -2.23. The Morgan fingerprint density at radius 3 is 2.76 bits per heavy atom. The monoisotopic (exact) mass is 333 g/mol. The molecule has 3 aromatic carbocycles. The van der Waals surface area contributed by atoms with Gasteiger partial charge in [-0.15, -0.1) is 0 Å². The first-order valence-electron chi connectivity index (χ1n) is 8.41. The highest BCUT2D eigenvalue weighted by molar-refractivity contribution is 5.86. The van der Waals surface area contributed by atoms with Gasteiger partial charge in [-0.05, 0) is 40.5 Å². The molecule has 0 aromatic heterocycles. The number of benzene rings is 3. The molecule has 4 heteroatoms. The van der Waals surface area contributed by atoms with Crippen LogP contribution in [0.25, 0.3) is 10.8 Å². The van der Waals surface area contributed by atoms with Crippen LogP contribution in [0.15, 0.2) is 60.7 Å². The summed E-state index contributed by atoms with van der Waals surface area (Å²) in [5.41, 5.74) is 2.21. The number of carbonyl (C=O) groups excluding carboxylic acids is 1. The third kappa shape index (κ3) is 3.43. The van der Waals surface area contributed by atoms with Crippen molar-refractivity contribution in [3.8, 4) is 11.5 Å². The summed E-state index contributed by atoms with van der Waals surface area (Å²) in [5, 5.41) is 5.39. The molecule has 1 aliphatic rings. The number of carbonyl (C=O) groups is 1. The van der Waals surface area contributed by atoms with Crippen LogP contribution in [0.3, 0.4) is 0 Å². The second-order valence-corrected chi connectivity index (χ2v) is 6.10. The van der Waals surface area contributed by atoms with Gasteiger partial charge in [0.2, 0.25) is 12.7 Å². The van der Waals surface area contributed by atoms with Crippen molar-refractivity contribution in [2.24, 2.45) is 0 Å². The van der Waals surface area contributed by atoms with Gasteiger partial charge in [-0.1, -0.05) is 48.5 Å². The van der Waals surface area contributed by atoms with Crippen molar-refractivity contribution in [1.82, 2.24) is 5.32 Å². The van der Waals surface area contributed by atoms with Gasteiger partial charge in [0.25, 0.3) is 0 Å². The zero-order chi connectivity index (χ0) is 17.1. The Kier molecular flexibility index (Phi) is 4.25. The van der Waals surface area contributed by atoms with Crippen molar-refractivity contribution in [2.75, 3.05) is 6.79 Å². The normalized spacial score (nSPS) is 12.3. The molecule has 4 nitrogen and oxygen atoms in total. The number of nitrogens with one attached hydrogen (secondary N) is 1. The van der Waals surface area contributed by atoms with Gasteiger partial charge in [-0.3, -0.25) is 4.79 Å². The van der Waals surface area contributed by atoms with Crippen LogP contribution in [0.1, 0.15) is 17.5 Å². The maximum atomic E-state index is 12.2. The van der Waals surface area contributed by atoms with E-state index in [0.717, 1.165) is 22.6 Å². The smallest absolute Gasteiger partial charge is 0.231 e. The predicted octanol–water partition coefficient (Wildman–Crippen LogP) is 3.82. The van der Waals surface area contributed by atoms with Crippen molar-refractivity contribution >= 4 is 16.7 Å². The van der Waals surface area contributed by atoms with Gasteiger partial charge in [0.05, 0.1) is 0 Å². The molecule has 0 aliphatic carbocycles. The van der Waals surface area contributed by atoms with E-state index < -0.39 is 0 Å². The maximum absolute atomic E-state index is 12.2. The summed E-state index contributed by atoms with van der Waals surface area (Å²) in [6, 6.07) is 20.2. The van der Waals surface area contributed by atoms with Crippen LogP contribution in [-0.2, 0) is 17.8 Å². The van der Waals surface area contributed by atoms with Crippen LogP contribution in [0.2, 0.25) is 0 Å². The summed E-state index contributed by atoms with van der Waals surface area (Å²) >= 11 is 0. The molecule has 0 saturated carbocycles. The molecule has 1 heterocycles. The van der Waals surface area contributed by atoms with Gasteiger partial charge in [0.15, 0.2) is 11.5 Å². The topological polar surface area (TPSA) is 47.6 Å². The summed E-state index contributed by atoms with van der Waals surface area (Å²) in [6.45, 7) is 0.811. The fraction of sp³-hybridized carbons (Fsp3) is 0.190. The van der Waals surface area contributed by atoms with E-state index in [-0.39, 0.29) is 12.7 Å². The fourth-order valence-corrected chi connectivity index (χ4v) is 3.08. The first kappa shape index (κ1) is 15.5. The van der Waals surface area contributed by atoms with Crippen molar-refractivity contribution in [3.05, 3.63) is 71.8 Å². The van der Waals surface area contributed by atoms with Gasteiger partial charge in [0, 0.05) is 13.0 Å². The van der Waals surface area contributed by atoms with E-state index in [1.165, 1.54) is 10.8 Å². The Bertz CT molecular complexity index is 915. The Balaban J connectivity index is 1.35. The molecule has 0 spiro atoms. The summed E-state index contributed by atoms with van der Waals surface area (Å²) in [4.78, 5) is 12.2. The zero-order valence-corrected chi connectivity index (χ0v) is 13.8. The number of hydrogen-bond donors (Lipinski definition) is 1. The van der Waals surface area contributed by atoms with Gasteiger partial charge >= 0.3 is 0 Å². The number of amides is 1. The first-order chi connectivity index (χ1) is 12.3. The fourth-order valence-electron chi connectivity index (χ4n) is 3.08. The number of ether oxygens (including phenoxy) is 2. The SMILES string of the molecule is O=C(CCc1ccc2c(c1)OCO2)NCc1cccc2ccccc12. The standard InChI is InChI=1S/C21H19NO3/c23-21(11-9-15-8-10-19-20(12-15)25-14-24-19)22-13-17-6-3-5-16-4-1-2-7-18(16)17/h1-8,10,12H,9,11,13-14H2,(H,22,23). The highest BCUT2D eigenvalue weighted by Gasteiger charge is 2.13. The van der Waals surface area contributed by atoms with E-state index in [2.05, 4.69) is 29.6 Å². The minimum absolute atomic E-state index is 0.0469. The summed E-state index contributed by atoms with van der Waals surface area (Å²) in [5.74, 6) is 1.57. The van der Waals surface area contributed by atoms with Crippen molar-refractivity contribution in [1.29, 1.82) is 0 Å². The Hall–Kier alpha value is -3.01. The largest absolute Gasteiger partial charge is 0.454 e. The molecular weight excluding hydrogens is 314 g/mol. The third-order valence-corrected chi connectivity index (χ3v) is 4.43. The lowest BCUT2D eigenvalue weighted by molar-refractivity contribution is -0.121. The maximum Gasteiger partial charge on any atom is 0.231 e. The Morgan fingerprint density at radius 1 is 0.960 bits per heavy atom. The molecule has 1 aliphatic heterocycles. The first-order valence-corrected chi connectivity index (χ1v) is 8.41. The molecule has 126 valence electrons. The number of aryl methyl sites for hydroxylation is 1. The Morgan fingerprint density at radius 2 is 1.80 bits per heavy atom. The second kappa shape index (κ2) is 6.85. The van der Waals surface area contributed by atoms with Crippen LogP contribution in [-0.4, -0.2) is 12.7 Å². The Labute approximate surface area is 146 Å².